The molecule has 0 unspecified atom stereocenters. The number of aliphatic hydroxyl groups is 1. The molecule has 0 radical (unpaired) electrons. The van der Waals surface area contributed by atoms with Gasteiger partial charge in [0.05, 0.1) is 26.7 Å². The maximum atomic E-state index is 14.1. The van der Waals surface area contributed by atoms with E-state index >= 15 is 0 Å². The fourth-order valence-electron chi connectivity index (χ4n) is 3.30. The van der Waals surface area contributed by atoms with Gasteiger partial charge in [-0.3, -0.25) is 4.79 Å². The molecule has 1 heterocycles. The first kappa shape index (κ1) is 33.8. The van der Waals surface area contributed by atoms with Crippen molar-refractivity contribution in [1.29, 1.82) is 0 Å². The van der Waals surface area contributed by atoms with Gasteiger partial charge >= 0.3 is 41.7 Å². The number of halogens is 16. The molecule has 1 saturated heterocycles. The molecule has 0 aromatic carbocycles. The summed E-state index contributed by atoms with van der Waals surface area (Å²) < 4.78 is 198. The third-order valence-corrected chi connectivity index (χ3v) is 5.68. The molecule has 19 heteroatoms. The van der Waals surface area contributed by atoms with Crippen molar-refractivity contribution >= 4 is 5.78 Å². The Morgan fingerprint density at radius 3 is 1.40 bits per heavy atom. The van der Waals surface area contributed by atoms with Crippen molar-refractivity contribution in [3.8, 4) is 0 Å². The molecule has 1 aliphatic rings. The summed E-state index contributed by atoms with van der Waals surface area (Å²) in [7, 11) is 1.42. The van der Waals surface area contributed by atoms with Gasteiger partial charge in [0.1, 0.15) is 6.54 Å². The number of aliphatic hydroxyl groups excluding tert-OH is 1. The second-order valence-electron chi connectivity index (χ2n) is 8.10. The second kappa shape index (κ2) is 9.61. The normalized spacial score (nSPS) is 23.6. The zero-order valence-electron chi connectivity index (χ0n) is 17.2. The maximum Gasteiger partial charge on any atom is 0.460 e. The molecule has 35 heavy (non-hydrogen) atoms. The number of alkyl halides is 15. The smallest absolute Gasteiger partial charge is 0.460 e. The van der Waals surface area contributed by atoms with Crippen LogP contribution in [0.2, 0.25) is 0 Å². The van der Waals surface area contributed by atoms with Gasteiger partial charge < -0.3 is 22.0 Å². The molecule has 0 atom stereocenters. The van der Waals surface area contributed by atoms with Crippen LogP contribution in [0.5, 0.6) is 0 Å². The largest absolute Gasteiger partial charge is 1.00 e. The SMILES string of the molecule is C[N+]1(CCO)CCC(C(=O)C(F)(F)C(F)(F)C(F)(F)C(F)(F)C(F)(F)C(F)(F)C(F)(F)F)CC1.[Cl-]. The fourth-order valence-corrected chi connectivity index (χ4v) is 3.30. The predicted octanol–water partition coefficient (Wildman–Crippen LogP) is 1.78. The van der Waals surface area contributed by atoms with Crippen LogP contribution in [0, 0.1) is 5.92 Å². The van der Waals surface area contributed by atoms with E-state index in [1.54, 1.807) is 0 Å². The third kappa shape index (κ3) is 5.02. The number of carbonyl (C=O) groups is 1. The molecule has 3 nitrogen and oxygen atoms in total. The average Bonchev–Trinajstić information content (AvgIpc) is 2.66. The van der Waals surface area contributed by atoms with Crippen LogP contribution in [-0.4, -0.2) is 90.4 Å². The van der Waals surface area contributed by atoms with Crippen LogP contribution in [0.1, 0.15) is 12.8 Å². The van der Waals surface area contributed by atoms with E-state index in [0.717, 1.165) is 0 Å². The van der Waals surface area contributed by atoms with Gasteiger partial charge in [0.2, 0.25) is 5.78 Å². The molecule has 210 valence electrons. The molecule has 1 N–H and O–H groups in total. The predicted molar refractivity (Wildman–Crippen MR) is 81.3 cm³/mol. The minimum absolute atomic E-state index is 0. The number of quaternary nitrogens is 1. The van der Waals surface area contributed by atoms with Gasteiger partial charge in [-0.15, -0.1) is 0 Å². The van der Waals surface area contributed by atoms with Crippen molar-refractivity contribution in [3.05, 3.63) is 0 Å². The van der Waals surface area contributed by atoms with E-state index in [2.05, 4.69) is 0 Å². The molecule has 0 saturated carbocycles. The van der Waals surface area contributed by atoms with Gasteiger partial charge in [0.15, 0.2) is 0 Å². The Hall–Kier alpha value is -1.17. The summed E-state index contributed by atoms with van der Waals surface area (Å²) in [5.74, 6) is -53.1. The molecule has 0 amide bonds. The maximum absolute atomic E-state index is 14.1. The number of likely N-dealkylation sites (tertiary alicyclic amines) is 1. The monoisotopic (exact) mass is 575 g/mol. The van der Waals surface area contributed by atoms with Crippen molar-refractivity contribution in [1.82, 2.24) is 0 Å². The van der Waals surface area contributed by atoms with Crippen molar-refractivity contribution in [2.75, 3.05) is 33.3 Å². The number of Topliss-reactive ketones (excluding diaryl/α,β-unsaturated/α-hetero) is 1. The molecule has 0 bridgehead atoms. The lowest BCUT2D eigenvalue weighted by Crippen LogP contribution is -3.00. The fraction of sp³-hybridized carbons (Fsp3) is 0.938. The summed E-state index contributed by atoms with van der Waals surface area (Å²) in [6.07, 6.45) is -9.14. The standard InChI is InChI=1S/C16H17F15NO2.ClH/c1-32(6-7-33)4-2-8(3-5-32)9(34)10(17,18)11(19,20)12(21,22)13(23,24)14(25,26)15(27,28)16(29,30)31;/h8,33H,2-7H2,1H3;1H/q+1;/p-1. The number of carbonyl (C=O) groups excluding carboxylic acids is 1. The Morgan fingerprint density at radius 1 is 0.714 bits per heavy atom. The number of rotatable bonds is 9. The summed E-state index contributed by atoms with van der Waals surface area (Å²) in [5, 5.41) is 8.89. The minimum atomic E-state index is -8.41. The lowest BCUT2D eigenvalue weighted by Gasteiger charge is -2.43. The first-order valence-electron chi connectivity index (χ1n) is 9.11. The van der Waals surface area contributed by atoms with Gasteiger partial charge in [-0.2, -0.15) is 65.9 Å². The first-order chi connectivity index (χ1) is 14.8. The van der Waals surface area contributed by atoms with E-state index in [-0.39, 0.29) is 36.5 Å². The Morgan fingerprint density at radius 2 is 1.06 bits per heavy atom. The van der Waals surface area contributed by atoms with Gasteiger partial charge in [-0.1, -0.05) is 0 Å². The molecular formula is C16H17ClF15NO2. The van der Waals surface area contributed by atoms with Crippen LogP contribution in [0.4, 0.5) is 65.9 Å². The highest BCUT2D eigenvalue weighted by Crippen LogP contribution is 2.62. The van der Waals surface area contributed by atoms with E-state index < -0.39 is 72.9 Å². The lowest BCUT2D eigenvalue weighted by atomic mass is 9.83. The number of nitrogens with zero attached hydrogens (tertiary/aromatic N) is 1. The van der Waals surface area contributed by atoms with Gasteiger partial charge in [0.25, 0.3) is 0 Å². The highest BCUT2D eigenvalue weighted by atomic mass is 35.5. The van der Waals surface area contributed by atoms with Gasteiger partial charge in [-0.25, -0.2) is 0 Å². The highest BCUT2D eigenvalue weighted by Gasteiger charge is 2.94. The first-order valence-corrected chi connectivity index (χ1v) is 9.11. The zero-order chi connectivity index (χ0) is 27.4. The molecule has 0 aliphatic carbocycles. The third-order valence-electron chi connectivity index (χ3n) is 5.68. The van der Waals surface area contributed by atoms with Crippen LogP contribution in [0.15, 0.2) is 0 Å². The van der Waals surface area contributed by atoms with Crippen LogP contribution >= 0.6 is 0 Å². The van der Waals surface area contributed by atoms with Crippen LogP contribution < -0.4 is 12.4 Å². The van der Waals surface area contributed by atoms with E-state index in [0.29, 0.717) is 0 Å². The van der Waals surface area contributed by atoms with Crippen LogP contribution in [0.3, 0.4) is 0 Å². The number of ketones is 1. The Bertz CT molecular complexity index is 761. The minimum Gasteiger partial charge on any atom is -1.00 e. The topological polar surface area (TPSA) is 37.3 Å². The molecule has 1 rings (SSSR count). The molecular weight excluding hydrogens is 559 g/mol. The summed E-state index contributed by atoms with van der Waals surface area (Å²) >= 11 is 0. The Labute approximate surface area is 193 Å². The van der Waals surface area contributed by atoms with Crippen molar-refractivity contribution in [2.24, 2.45) is 5.92 Å². The number of hydrogen-bond acceptors (Lipinski definition) is 2. The molecule has 1 aliphatic heterocycles. The highest BCUT2D eigenvalue weighted by molar-refractivity contribution is 5.89. The quantitative estimate of drug-likeness (QED) is 0.336. The second-order valence-corrected chi connectivity index (χ2v) is 8.10. The number of hydrogen-bond donors (Lipinski definition) is 1. The van der Waals surface area contributed by atoms with Crippen LogP contribution in [-0.2, 0) is 4.79 Å². The molecule has 0 aromatic rings. The summed E-state index contributed by atoms with van der Waals surface area (Å²) in [6.45, 7) is -1.01. The Balaban J connectivity index is 0.0000116. The van der Waals surface area contributed by atoms with Gasteiger partial charge in [-0.05, 0) is 0 Å². The molecule has 1 fully saturated rings. The van der Waals surface area contributed by atoms with E-state index in [1.165, 1.54) is 7.05 Å². The lowest BCUT2D eigenvalue weighted by molar-refractivity contribution is -0.915. The van der Waals surface area contributed by atoms with Crippen molar-refractivity contribution in [3.63, 3.8) is 0 Å². The molecule has 0 spiro atoms. The van der Waals surface area contributed by atoms with Crippen LogP contribution in [0.25, 0.3) is 0 Å². The zero-order valence-corrected chi connectivity index (χ0v) is 17.9. The number of piperidine rings is 1. The average molecular weight is 576 g/mol. The number of likely N-dealkylation sites (N-methyl/N-ethyl adjacent to an activating group) is 1. The van der Waals surface area contributed by atoms with Crippen molar-refractivity contribution < 1.29 is 92.6 Å². The van der Waals surface area contributed by atoms with E-state index in [9.17, 15) is 70.7 Å². The summed E-state index contributed by atoms with van der Waals surface area (Å²) in [6, 6.07) is 0. The summed E-state index contributed by atoms with van der Waals surface area (Å²) in [4.78, 5) is 11.8. The van der Waals surface area contributed by atoms with Crippen molar-refractivity contribution in [2.45, 2.75) is 54.6 Å². The molecule has 0 aromatic heterocycles. The van der Waals surface area contributed by atoms with Gasteiger partial charge in [0, 0.05) is 18.8 Å². The summed E-state index contributed by atoms with van der Waals surface area (Å²) in [5.41, 5.74) is 0. The Kier molecular flexibility index (Phi) is 9.29. The van der Waals surface area contributed by atoms with E-state index in [4.69, 9.17) is 5.11 Å². The van der Waals surface area contributed by atoms with E-state index in [1.807, 2.05) is 0 Å².